The van der Waals surface area contributed by atoms with Crippen molar-refractivity contribution in [2.75, 3.05) is 18.1 Å². The van der Waals surface area contributed by atoms with Gasteiger partial charge in [-0.1, -0.05) is 42.5 Å². The van der Waals surface area contributed by atoms with E-state index in [1.807, 2.05) is 61.5 Å². The zero-order valence-electron chi connectivity index (χ0n) is 14.3. The lowest BCUT2D eigenvalue weighted by molar-refractivity contribution is -0.126. The van der Waals surface area contributed by atoms with Gasteiger partial charge in [0.05, 0.1) is 18.2 Å². The van der Waals surface area contributed by atoms with Gasteiger partial charge in [0.2, 0.25) is 11.8 Å². The summed E-state index contributed by atoms with van der Waals surface area (Å²) in [6.07, 6.45) is 0.223. The topological polar surface area (TPSA) is 58.6 Å². The van der Waals surface area contributed by atoms with Gasteiger partial charge < -0.3 is 15.0 Å². The minimum absolute atomic E-state index is 0.0491. The van der Waals surface area contributed by atoms with Gasteiger partial charge in [0.25, 0.3) is 0 Å². The molecule has 0 aromatic heterocycles. The maximum atomic E-state index is 12.4. The Bertz CT molecular complexity index is 746. The number of nitrogens with zero attached hydrogens (tertiary/aromatic N) is 1. The van der Waals surface area contributed by atoms with Crippen molar-refractivity contribution in [2.45, 2.75) is 19.9 Å². The zero-order valence-corrected chi connectivity index (χ0v) is 14.3. The lowest BCUT2D eigenvalue weighted by atomic mass is 10.1. The number of nitrogens with one attached hydrogen (secondary N) is 1. The van der Waals surface area contributed by atoms with Crippen molar-refractivity contribution in [3.05, 3.63) is 60.2 Å². The number of hydrogen-bond acceptors (Lipinski definition) is 3. The molecule has 1 heterocycles. The Hall–Kier alpha value is -2.82. The average Bonchev–Trinajstić information content (AvgIpc) is 3.03. The second-order valence-electron chi connectivity index (χ2n) is 6.01. The Balaban J connectivity index is 1.65. The van der Waals surface area contributed by atoms with Gasteiger partial charge in [-0.2, -0.15) is 0 Å². The second kappa shape index (κ2) is 7.83. The zero-order chi connectivity index (χ0) is 17.6. The quantitative estimate of drug-likeness (QED) is 0.881. The molecule has 1 saturated heterocycles. The molecule has 2 amide bonds. The van der Waals surface area contributed by atoms with E-state index in [2.05, 4.69) is 5.32 Å². The first-order chi connectivity index (χ1) is 12.2. The van der Waals surface area contributed by atoms with Crippen LogP contribution in [-0.2, 0) is 16.1 Å². The van der Waals surface area contributed by atoms with Gasteiger partial charge in [-0.05, 0) is 24.6 Å². The summed E-state index contributed by atoms with van der Waals surface area (Å²) in [5.74, 6) is 0.190. The van der Waals surface area contributed by atoms with Crippen LogP contribution in [0.15, 0.2) is 54.6 Å². The number of anilines is 1. The highest BCUT2D eigenvalue weighted by Gasteiger charge is 2.36. The minimum atomic E-state index is -0.342. The molecule has 0 radical (unpaired) electrons. The van der Waals surface area contributed by atoms with E-state index >= 15 is 0 Å². The standard InChI is InChI=1S/C20H22N2O3/c1-2-25-18-11-7-6-10-17(18)22-14-16(12-19(22)23)20(24)21-13-15-8-4-3-5-9-15/h3-11,16H,2,12-14H2,1H3,(H,21,24)/t16-/m1/s1. The molecule has 1 fully saturated rings. The number of rotatable bonds is 6. The normalized spacial score (nSPS) is 16.8. The summed E-state index contributed by atoms with van der Waals surface area (Å²) in [6, 6.07) is 17.2. The average molecular weight is 338 g/mol. The highest BCUT2D eigenvalue weighted by atomic mass is 16.5. The third kappa shape index (κ3) is 3.99. The van der Waals surface area contributed by atoms with Crippen molar-refractivity contribution in [3.8, 4) is 5.75 Å². The molecule has 0 unspecified atom stereocenters. The summed E-state index contributed by atoms with van der Waals surface area (Å²) in [5.41, 5.74) is 1.77. The molecule has 1 atom stereocenters. The molecule has 1 aliphatic rings. The van der Waals surface area contributed by atoms with Crippen LogP contribution in [0.3, 0.4) is 0 Å². The molecule has 2 aromatic rings. The molecule has 130 valence electrons. The van der Waals surface area contributed by atoms with Gasteiger partial charge in [-0.15, -0.1) is 0 Å². The smallest absolute Gasteiger partial charge is 0.227 e. The number of para-hydroxylation sites is 2. The van der Waals surface area contributed by atoms with Crippen LogP contribution in [0.4, 0.5) is 5.69 Å². The Labute approximate surface area is 147 Å². The summed E-state index contributed by atoms with van der Waals surface area (Å²) < 4.78 is 5.60. The lowest BCUT2D eigenvalue weighted by Gasteiger charge is -2.20. The largest absolute Gasteiger partial charge is 0.492 e. The molecule has 1 N–H and O–H groups in total. The van der Waals surface area contributed by atoms with Gasteiger partial charge in [0.1, 0.15) is 5.75 Å². The Morgan fingerprint density at radius 3 is 2.64 bits per heavy atom. The maximum absolute atomic E-state index is 12.4. The monoisotopic (exact) mass is 338 g/mol. The van der Waals surface area contributed by atoms with Gasteiger partial charge in [-0.25, -0.2) is 0 Å². The molecule has 2 aromatic carbocycles. The van der Waals surface area contributed by atoms with E-state index in [0.29, 0.717) is 25.4 Å². The van der Waals surface area contributed by atoms with Crippen LogP contribution in [0.2, 0.25) is 0 Å². The molecule has 5 heteroatoms. The predicted octanol–water partition coefficient (Wildman–Crippen LogP) is 2.75. The number of benzene rings is 2. The second-order valence-corrected chi connectivity index (χ2v) is 6.01. The first-order valence-corrected chi connectivity index (χ1v) is 8.53. The van der Waals surface area contributed by atoms with Gasteiger partial charge in [0.15, 0.2) is 0 Å². The molecule has 0 aliphatic carbocycles. The first kappa shape index (κ1) is 17.0. The molecular weight excluding hydrogens is 316 g/mol. The molecule has 0 spiro atoms. The predicted molar refractivity (Wildman–Crippen MR) is 96.4 cm³/mol. The van der Waals surface area contributed by atoms with Crippen LogP contribution in [0.25, 0.3) is 0 Å². The third-order valence-electron chi connectivity index (χ3n) is 4.26. The van der Waals surface area contributed by atoms with Crippen molar-refractivity contribution in [1.82, 2.24) is 5.32 Å². The van der Waals surface area contributed by atoms with Gasteiger partial charge in [0, 0.05) is 19.5 Å². The summed E-state index contributed by atoms with van der Waals surface area (Å²) in [4.78, 5) is 26.5. The fourth-order valence-electron chi connectivity index (χ4n) is 3.00. The van der Waals surface area contributed by atoms with E-state index in [1.165, 1.54) is 0 Å². The van der Waals surface area contributed by atoms with Crippen molar-refractivity contribution >= 4 is 17.5 Å². The van der Waals surface area contributed by atoms with Gasteiger partial charge in [-0.3, -0.25) is 9.59 Å². The van der Waals surface area contributed by atoms with Crippen LogP contribution in [0.1, 0.15) is 18.9 Å². The van der Waals surface area contributed by atoms with Crippen molar-refractivity contribution < 1.29 is 14.3 Å². The maximum Gasteiger partial charge on any atom is 0.227 e. The van der Waals surface area contributed by atoms with E-state index in [0.717, 1.165) is 11.3 Å². The Kier molecular flexibility index (Phi) is 5.33. The number of carbonyl (C=O) groups excluding carboxylic acids is 2. The molecule has 0 saturated carbocycles. The molecule has 3 rings (SSSR count). The molecule has 5 nitrogen and oxygen atoms in total. The van der Waals surface area contributed by atoms with Crippen LogP contribution in [0, 0.1) is 5.92 Å². The fourth-order valence-corrected chi connectivity index (χ4v) is 3.00. The SMILES string of the molecule is CCOc1ccccc1N1C[C@H](C(=O)NCc2ccccc2)CC1=O. The van der Waals surface area contributed by atoms with Crippen LogP contribution in [0.5, 0.6) is 5.75 Å². The molecule has 1 aliphatic heterocycles. The van der Waals surface area contributed by atoms with E-state index in [4.69, 9.17) is 4.74 Å². The number of hydrogen-bond donors (Lipinski definition) is 1. The molecular formula is C20H22N2O3. The van der Waals surface area contributed by atoms with Crippen molar-refractivity contribution in [1.29, 1.82) is 0 Å². The summed E-state index contributed by atoms with van der Waals surface area (Å²) in [5, 5.41) is 2.92. The van der Waals surface area contributed by atoms with E-state index in [1.54, 1.807) is 4.90 Å². The molecule has 25 heavy (non-hydrogen) atoms. The Morgan fingerprint density at radius 2 is 1.88 bits per heavy atom. The van der Waals surface area contributed by atoms with Crippen LogP contribution >= 0.6 is 0 Å². The molecule has 0 bridgehead atoms. The highest BCUT2D eigenvalue weighted by molar-refractivity contribution is 6.01. The minimum Gasteiger partial charge on any atom is -0.492 e. The summed E-state index contributed by atoms with van der Waals surface area (Å²) >= 11 is 0. The first-order valence-electron chi connectivity index (χ1n) is 8.53. The van der Waals surface area contributed by atoms with Crippen molar-refractivity contribution in [3.63, 3.8) is 0 Å². The lowest BCUT2D eigenvalue weighted by Crippen LogP contribution is -2.32. The van der Waals surface area contributed by atoms with Crippen LogP contribution < -0.4 is 15.0 Å². The Morgan fingerprint density at radius 1 is 1.16 bits per heavy atom. The number of amides is 2. The highest BCUT2D eigenvalue weighted by Crippen LogP contribution is 2.33. The number of carbonyl (C=O) groups is 2. The fraction of sp³-hybridized carbons (Fsp3) is 0.300. The van der Waals surface area contributed by atoms with Crippen molar-refractivity contribution in [2.24, 2.45) is 5.92 Å². The van der Waals surface area contributed by atoms with E-state index in [9.17, 15) is 9.59 Å². The summed E-state index contributed by atoms with van der Waals surface area (Å²) in [6.45, 7) is 3.28. The van der Waals surface area contributed by atoms with Crippen LogP contribution in [-0.4, -0.2) is 25.0 Å². The van der Waals surface area contributed by atoms with E-state index < -0.39 is 0 Å². The van der Waals surface area contributed by atoms with Gasteiger partial charge >= 0.3 is 0 Å². The van der Waals surface area contributed by atoms with E-state index in [-0.39, 0.29) is 24.2 Å². The summed E-state index contributed by atoms with van der Waals surface area (Å²) in [7, 11) is 0. The number of ether oxygens (including phenoxy) is 1. The third-order valence-corrected chi connectivity index (χ3v) is 4.26.